The summed E-state index contributed by atoms with van der Waals surface area (Å²) in [6.07, 6.45) is 5.15. The van der Waals surface area contributed by atoms with E-state index in [1.54, 1.807) is 0 Å². The highest BCUT2D eigenvalue weighted by atomic mass is 16.4. The first kappa shape index (κ1) is 11.5. The standard InChI is InChI=1S/C12H22O2/c1-9-6-4-5-7-10(8-11(13)14)12(9,2)3/h9-10H,4-8H2,1-3H3,(H,13,14). The predicted octanol–water partition coefficient (Wildman–Crippen LogP) is 3.31. The maximum Gasteiger partial charge on any atom is 0.303 e. The molecule has 2 atom stereocenters. The van der Waals surface area contributed by atoms with E-state index in [-0.39, 0.29) is 5.41 Å². The fraction of sp³-hybridized carbons (Fsp3) is 0.917. The highest BCUT2D eigenvalue weighted by molar-refractivity contribution is 5.67. The van der Waals surface area contributed by atoms with E-state index in [1.807, 2.05) is 0 Å². The number of aliphatic carboxylic acids is 1. The van der Waals surface area contributed by atoms with E-state index in [0.717, 1.165) is 6.42 Å². The van der Waals surface area contributed by atoms with Crippen molar-refractivity contribution in [3.8, 4) is 0 Å². The average molecular weight is 198 g/mol. The van der Waals surface area contributed by atoms with Crippen molar-refractivity contribution in [2.45, 2.75) is 52.9 Å². The molecule has 0 radical (unpaired) electrons. The molecule has 1 saturated carbocycles. The van der Waals surface area contributed by atoms with Crippen LogP contribution in [0.3, 0.4) is 0 Å². The fourth-order valence-electron chi connectivity index (χ4n) is 2.56. The number of rotatable bonds is 2. The van der Waals surface area contributed by atoms with Gasteiger partial charge in [-0.05, 0) is 23.7 Å². The van der Waals surface area contributed by atoms with E-state index in [9.17, 15) is 4.79 Å². The van der Waals surface area contributed by atoms with Crippen molar-refractivity contribution in [1.82, 2.24) is 0 Å². The van der Waals surface area contributed by atoms with Crippen molar-refractivity contribution in [2.24, 2.45) is 17.3 Å². The zero-order valence-electron chi connectivity index (χ0n) is 9.55. The highest BCUT2D eigenvalue weighted by Crippen LogP contribution is 2.44. The molecule has 0 amide bonds. The minimum absolute atomic E-state index is 0.189. The Morgan fingerprint density at radius 3 is 2.50 bits per heavy atom. The Balaban J connectivity index is 2.73. The van der Waals surface area contributed by atoms with Gasteiger partial charge in [-0.2, -0.15) is 0 Å². The molecule has 14 heavy (non-hydrogen) atoms. The van der Waals surface area contributed by atoms with Crippen LogP contribution in [0, 0.1) is 17.3 Å². The van der Waals surface area contributed by atoms with Gasteiger partial charge in [-0.3, -0.25) is 4.79 Å². The number of carboxylic acids is 1. The van der Waals surface area contributed by atoms with Gasteiger partial charge >= 0.3 is 5.97 Å². The molecule has 2 heteroatoms. The van der Waals surface area contributed by atoms with Crippen LogP contribution in [0.15, 0.2) is 0 Å². The number of hydrogen-bond donors (Lipinski definition) is 1. The van der Waals surface area contributed by atoms with Crippen molar-refractivity contribution in [3.05, 3.63) is 0 Å². The first-order chi connectivity index (χ1) is 6.44. The maximum atomic E-state index is 10.8. The van der Waals surface area contributed by atoms with Gasteiger partial charge in [0.1, 0.15) is 0 Å². The van der Waals surface area contributed by atoms with Crippen molar-refractivity contribution in [3.63, 3.8) is 0 Å². The molecule has 0 aliphatic heterocycles. The molecule has 1 fully saturated rings. The van der Waals surface area contributed by atoms with Crippen LogP contribution in [0.4, 0.5) is 0 Å². The molecule has 82 valence electrons. The third-order valence-electron chi connectivity index (χ3n) is 4.18. The predicted molar refractivity (Wildman–Crippen MR) is 57.2 cm³/mol. The summed E-state index contributed by atoms with van der Waals surface area (Å²) in [7, 11) is 0. The Hall–Kier alpha value is -0.530. The van der Waals surface area contributed by atoms with Crippen LogP contribution in [0.1, 0.15) is 52.9 Å². The van der Waals surface area contributed by atoms with Crippen molar-refractivity contribution in [1.29, 1.82) is 0 Å². The zero-order chi connectivity index (χ0) is 10.8. The molecule has 1 N–H and O–H groups in total. The summed E-state index contributed by atoms with van der Waals surface area (Å²) in [5, 5.41) is 8.88. The molecule has 1 aliphatic carbocycles. The SMILES string of the molecule is CC1CCCCC(CC(=O)O)C1(C)C. The Kier molecular flexibility index (Phi) is 3.57. The van der Waals surface area contributed by atoms with Gasteiger partial charge in [0.2, 0.25) is 0 Å². The summed E-state index contributed by atoms with van der Waals surface area (Å²) in [4.78, 5) is 10.8. The van der Waals surface area contributed by atoms with Gasteiger partial charge in [-0.1, -0.05) is 40.0 Å². The quantitative estimate of drug-likeness (QED) is 0.691. The van der Waals surface area contributed by atoms with Crippen LogP contribution in [-0.4, -0.2) is 11.1 Å². The van der Waals surface area contributed by atoms with Gasteiger partial charge < -0.3 is 5.11 Å². The Morgan fingerprint density at radius 2 is 1.93 bits per heavy atom. The summed E-state index contributed by atoms with van der Waals surface area (Å²) >= 11 is 0. The zero-order valence-corrected chi connectivity index (χ0v) is 9.55. The molecule has 1 rings (SSSR count). The van der Waals surface area contributed by atoms with E-state index in [0.29, 0.717) is 18.3 Å². The molecule has 1 aliphatic rings. The summed E-state index contributed by atoms with van der Waals surface area (Å²) in [5.41, 5.74) is 0.189. The normalized spacial score (nSPS) is 32.2. The molecule has 2 unspecified atom stereocenters. The van der Waals surface area contributed by atoms with Crippen LogP contribution >= 0.6 is 0 Å². The lowest BCUT2D eigenvalue weighted by molar-refractivity contribution is -0.139. The van der Waals surface area contributed by atoms with Crippen molar-refractivity contribution in [2.75, 3.05) is 0 Å². The smallest absolute Gasteiger partial charge is 0.303 e. The van der Waals surface area contributed by atoms with Crippen LogP contribution < -0.4 is 0 Å². The Morgan fingerprint density at radius 1 is 1.36 bits per heavy atom. The first-order valence-corrected chi connectivity index (χ1v) is 5.66. The summed E-state index contributed by atoms with van der Waals surface area (Å²) in [6.45, 7) is 6.73. The van der Waals surface area contributed by atoms with Crippen LogP contribution in [0.5, 0.6) is 0 Å². The largest absolute Gasteiger partial charge is 0.481 e. The second-order valence-corrected chi connectivity index (χ2v) is 5.30. The van der Waals surface area contributed by atoms with Crippen LogP contribution in [-0.2, 0) is 4.79 Å². The van der Waals surface area contributed by atoms with E-state index < -0.39 is 5.97 Å². The van der Waals surface area contributed by atoms with Gasteiger partial charge in [0.05, 0.1) is 0 Å². The first-order valence-electron chi connectivity index (χ1n) is 5.66. The molecule has 2 nitrogen and oxygen atoms in total. The minimum Gasteiger partial charge on any atom is -0.481 e. The summed E-state index contributed by atoms with van der Waals surface area (Å²) in [5.74, 6) is 0.365. The summed E-state index contributed by atoms with van der Waals surface area (Å²) < 4.78 is 0. The Labute approximate surface area is 86.7 Å². The lowest BCUT2D eigenvalue weighted by atomic mass is 9.68. The molecule has 0 heterocycles. The third-order valence-corrected chi connectivity index (χ3v) is 4.18. The fourth-order valence-corrected chi connectivity index (χ4v) is 2.56. The van der Waals surface area contributed by atoms with Gasteiger partial charge in [0, 0.05) is 6.42 Å². The van der Waals surface area contributed by atoms with E-state index in [1.165, 1.54) is 19.3 Å². The molecule has 0 saturated heterocycles. The van der Waals surface area contributed by atoms with Crippen molar-refractivity contribution >= 4 is 5.97 Å². The monoisotopic (exact) mass is 198 g/mol. The number of hydrogen-bond acceptors (Lipinski definition) is 1. The molecule has 0 bridgehead atoms. The van der Waals surface area contributed by atoms with Gasteiger partial charge in [0.15, 0.2) is 0 Å². The average Bonchev–Trinajstić information content (AvgIpc) is 2.17. The third kappa shape index (κ3) is 2.49. The van der Waals surface area contributed by atoms with E-state index >= 15 is 0 Å². The molecule has 0 aromatic carbocycles. The molecular formula is C12H22O2. The molecule has 0 aromatic rings. The van der Waals surface area contributed by atoms with E-state index in [2.05, 4.69) is 20.8 Å². The van der Waals surface area contributed by atoms with Gasteiger partial charge in [-0.15, -0.1) is 0 Å². The molecule has 0 spiro atoms. The number of carboxylic acid groups (broad SMARTS) is 1. The topological polar surface area (TPSA) is 37.3 Å². The highest BCUT2D eigenvalue weighted by Gasteiger charge is 2.36. The maximum absolute atomic E-state index is 10.8. The second-order valence-electron chi connectivity index (χ2n) is 5.30. The second kappa shape index (κ2) is 4.33. The van der Waals surface area contributed by atoms with Crippen molar-refractivity contribution < 1.29 is 9.90 Å². The molecule has 0 aromatic heterocycles. The Bertz CT molecular complexity index is 208. The summed E-state index contributed by atoms with van der Waals surface area (Å²) in [6, 6.07) is 0. The molecular weight excluding hydrogens is 176 g/mol. The van der Waals surface area contributed by atoms with Gasteiger partial charge in [0.25, 0.3) is 0 Å². The minimum atomic E-state index is -0.642. The lowest BCUT2D eigenvalue weighted by Gasteiger charge is -2.37. The van der Waals surface area contributed by atoms with E-state index in [4.69, 9.17) is 5.11 Å². The van der Waals surface area contributed by atoms with Crippen LogP contribution in [0.25, 0.3) is 0 Å². The van der Waals surface area contributed by atoms with Crippen LogP contribution in [0.2, 0.25) is 0 Å². The van der Waals surface area contributed by atoms with Gasteiger partial charge in [-0.25, -0.2) is 0 Å². The lowest BCUT2D eigenvalue weighted by Crippen LogP contribution is -2.31. The number of carbonyl (C=O) groups is 1.